The number of halogens is 1. The van der Waals surface area contributed by atoms with Crippen molar-refractivity contribution in [3.8, 4) is 11.5 Å². The van der Waals surface area contributed by atoms with Crippen LogP contribution in [0, 0.1) is 5.82 Å². The SMILES string of the molecule is C/C=C/c1cc(C(=O)N(CC)CC(=O)NCc2ccc(F)cc2)cc(OC)c1OC. The molecule has 7 heteroatoms. The number of allylic oxidation sites excluding steroid dienone is 1. The van der Waals surface area contributed by atoms with Crippen molar-refractivity contribution in [2.45, 2.75) is 20.4 Å². The Bertz CT molecular complexity index is 910. The molecule has 0 saturated heterocycles. The first-order valence-electron chi connectivity index (χ1n) is 9.62. The summed E-state index contributed by atoms with van der Waals surface area (Å²) in [6, 6.07) is 9.19. The molecule has 0 aliphatic heterocycles. The molecule has 0 bridgehead atoms. The second-order valence-corrected chi connectivity index (χ2v) is 6.52. The minimum atomic E-state index is -0.333. The predicted molar refractivity (Wildman–Crippen MR) is 114 cm³/mol. The molecule has 0 aromatic heterocycles. The lowest BCUT2D eigenvalue weighted by Gasteiger charge is -2.21. The van der Waals surface area contributed by atoms with Gasteiger partial charge in [-0.3, -0.25) is 9.59 Å². The first-order valence-corrected chi connectivity index (χ1v) is 9.62. The number of nitrogens with zero attached hydrogens (tertiary/aromatic N) is 1. The van der Waals surface area contributed by atoms with E-state index in [1.54, 1.807) is 31.2 Å². The van der Waals surface area contributed by atoms with E-state index >= 15 is 0 Å². The number of hydrogen-bond donors (Lipinski definition) is 1. The van der Waals surface area contributed by atoms with Gasteiger partial charge in [0.1, 0.15) is 5.82 Å². The summed E-state index contributed by atoms with van der Waals surface area (Å²) in [6.45, 7) is 4.19. The molecule has 2 amide bonds. The summed E-state index contributed by atoms with van der Waals surface area (Å²) >= 11 is 0. The van der Waals surface area contributed by atoms with Crippen molar-refractivity contribution in [3.05, 3.63) is 65.0 Å². The van der Waals surface area contributed by atoms with E-state index in [0.29, 0.717) is 29.2 Å². The van der Waals surface area contributed by atoms with Crippen LogP contribution >= 0.6 is 0 Å². The third-order valence-corrected chi connectivity index (χ3v) is 4.51. The Morgan fingerprint density at radius 1 is 1.13 bits per heavy atom. The minimum absolute atomic E-state index is 0.0934. The van der Waals surface area contributed by atoms with Crippen LogP contribution < -0.4 is 14.8 Å². The zero-order valence-electron chi connectivity index (χ0n) is 17.7. The fourth-order valence-electron chi connectivity index (χ4n) is 2.96. The molecular formula is C23H27FN2O4. The standard InChI is InChI=1S/C23H27FN2O4/c1-5-7-17-12-18(13-20(29-3)22(17)30-4)23(28)26(6-2)15-21(27)25-14-16-8-10-19(24)11-9-16/h5,7-13H,6,14-15H2,1-4H3,(H,25,27)/b7-5+. The van der Waals surface area contributed by atoms with Crippen LogP contribution in [0.2, 0.25) is 0 Å². The van der Waals surface area contributed by atoms with Gasteiger partial charge in [-0.1, -0.05) is 24.3 Å². The fourth-order valence-corrected chi connectivity index (χ4v) is 2.96. The van der Waals surface area contributed by atoms with Crippen molar-refractivity contribution < 1.29 is 23.5 Å². The molecule has 0 spiro atoms. The maximum Gasteiger partial charge on any atom is 0.254 e. The van der Waals surface area contributed by atoms with E-state index in [0.717, 1.165) is 5.56 Å². The maximum atomic E-state index is 13.0. The van der Waals surface area contributed by atoms with Gasteiger partial charge in [-0.15, -0.1) is 0 Å². The number of rotatable bonds is 9. The molecule has 160 valence electrons. The van der Waals surface area contributed by atoms with Crippen LogP contribution in [0.5, 0.6) is 11.5 Å². The quantitative estimate of drug-likeness (QED) is 0.680. The van der Waals surface area contributed by atoms with Crippen LogP contribution in [-0.2, 0) is 11.3 Å². The summed E-state index contributed by atoms with van der Waals surface area (Å²) in [5, 5.41) is 2.75. The van der Waals surface area contributed by atoms with Gasteiger partial charge in [0.2, 0.25) is 5.91 Å². The van der Waals surface area contributed by atoms with E-state index in [-0.39, 0.29) is 30.7 Å². The van der Waals surface area contributed by atoms with Gasteiger partial charge in [-0.25, -0.2) is 4.39 Å². The van der Waals surface area contributed by atoms with Crippen LogP contribution in [0.1, 0.15) is 35.3 Å². The van der Waals surface area contributed by atoms with Crippen molar-refractivity contribution >= 4 is 17.9 Å². The molecule has 1 N–H and O–H groups in total. The molecule has 0 unspecified atom stereocenters. The fraction of sp³-hybridized carbons (Fsp3) is 0.304. The van der Waals surface area contributed by atoms with Crippen molar-refractivity contribution in [1.29, 1.82) is 0 Å². The van der Waals surface area contributed by atoms with E-state index in [4.69, 9.17) is 9.47 Å². The number of methoxy groups -OCH3 is 2. The molecule has 2 rings (SSSR count). The van der Waals surface area contributed by atoms with E-state index in [1.807, 2.05) is 19.1 Å². The summed E-state index contributed by atoms with van der Waals surface area (Å²) in [5.74, 6) is 0.0466. The Morgan fingerprint density at radius 2 is 1.83 bits per heavy atom. The highest BCUT2D eigenvalue weighted by atomic mass is 19.1. The number of hydrogen-bond acceptors (Lipinski definition) is 4. The monoisotopic (exact) mass is 414 g/mol. The molecule has 0 saturated carbocycles. The van der Waals surface area contributed by atoms with Crippen LogP contribution in [0.25, 0.3) is 6.08 Å². The highest BCUT2D eigenvalue weighted by molar-refractivity contribution is 5.98. The second kappa shape index (κ2) is 11.0. The largest absolute Gasteiger partial charge is 0.493 e. The molecule has 6 nitrogen and oxygen atoms in total. The average Bonchev–Trinajstić information content (AvgIpc) is 2.76. The minimum Gasteiger partial charge on any atom is -0.493 e. The molecular weight excluding hydrogens is 387 g/mol. The Morgan fingerprint density at radius 3 is 2.40 bits per heavy atom. The molecule has 2 aromatic carbocycles. The Hall–Kier alpha value is -3.35. The molecule has 0 fully saturated rings. The lowest BCUT2D eigenvalue weighted by molar-refractivity contribution is -0.121. The van der Waals surface area contributed by atoms with E-state index in [2.05, 4.69) is 5.32 Å². The number of benzene rings is 2. The van der Waals surface area contributed by atoms with Gasteiger partial charge >= 0.3 is 0 Å². The summed E-state index contributed by atoms with van der Waals surface area (Å²) in [6.07, 6.45) is 3.66. The predicted octanol–water partition coefficient (Wildman–Crippen LogP) is 3.65. The van der Waals surface area contributed by atoms with Crippen LogP contribution in [0.15, 0.2) is 42.5 Å². The van der Waals surface area contributed by atoms with Crippen LogP contribution in [0.3, 0.4) is 0 Å². The normalized spacial score (nSPS) is 10.7. The van der Waals surface area contributed by atoms with Crippen LogP contribution in [-0.4, -0.2) is 44.0 Å². The van der Waals surface area contributed by atoms with Crippen LogP contribution in [0.4, 0.5) is 4.39 Å². The highest BCUT2D eigenvalue weighted by Gasteiger charge is 2.21. The maximum absolute atomic E-state index is 13.0. The topological polar surface area (TPSA) is 67.9 Å². The third kappa shape index (κ3) is 5.83. The number of ether oxygens (including phenoxy) is 2. The molecule has 2 aromatic rings. The van der Waals surface area contributed by atoms with Gasteiger partial charge < -0.3 is 19.7 Å². The Balaban J connectivity index is 2.13. The molecule has 30 heavy (non-hydrogen) atoms. The first kappa shape index (κ1) is 22.9. The highest BCUT2D eigenvalue weighted by Crippen LogP contribution is 2.34. The van der Waals surface area contributed by atoms with E-state index in [1.165, 1.54) is 31.3 Å². The molecule has 0 aliphatic rings. The Kier molecular flexibility index (Phi) is 8.41. The summed E-state index contributed by atoms with van der Waals surface area (Å²) in [5.41, 5.74) is 1.88. The second-order valence-electron chi connectivity index (χ2n) is 6.52. The van der Waals surface area contributed by atoms with Gasteiger partial charge in [0, 0.05) is 24.2 Å². The Labute approximate surface area is 176 Å². The van der Waals surface area contributed by atoms with Crippen molar-refractivity contribution in [2.75, 3.05) is 27.3 Å². The van der Waals surface area contributed by atoms with Gasteiger partial charge in [0.15, 0.2) is 11.5 Å². The average molecular weight is 414 g/mol. The molecule has 0 atom stereocenters. The summed E-state index contributed by atoms with van der Waals surface area (Å²) in [4.78, 5) is 26.8. The van der Waals surface area contributed by atoms with Crippen molar-refractivity contribution in [1.82, 2.24) is 10.2 Å². The summed E-state index contributed by atoms with van der Waals surface area (Å²) in [7, 11) is 3.04. The van der Waals surface area contributed by atoms with Crippen molar-refractivity contribution in [3.63, 3.8) is 0 Å². The first-order chi connectivity index (χ1) is 14.4. The van der Waals surface area contributed by atoms with Gasteiger partial charge in [-0.2, -0.15) is 0 Å². The lowest BCUT2D eigenvalue weighted by atomic mass is 10.1. The molecule has 0 aliphatic carbocycles. The third-order valence-electron chi connectivity index (χ3n) is 4.51. The smallest absolute Gasteiger partial charge is 0.254 e. The summed E-state index contributed by atoms with van der Waals surface area (Å²) < 4.78 is 23.7. The van der Waals surface area contributed by atoms with Crippen molar-refractivity contribution in [2.24, 2.45) is 0 Å². The zero-order valence-corrected chi connectivity index (χ0v) is 17.7. The molecule has 0 radical (unpaired) electrons. The lowest BCUT2D eigenvalue weighted by Crippen LogP contribution is -2.40. The number of amides is 2. The zero-order chi connectivity index (χ0) is 22.1. The molecule has 0 heterocycles. The van der Waals surface area contributed by atoms with Gasteiger partial charge in [0.25, 0.3) is 5.91 Å². The number of nitrogens with one attached hydrogen (secondary N) is 1. The van der Waals surface area contributed by atoms with E-state index < -0.39 is 0 Å². The number of carbonyl (C=O) groups excluding carboxylic acids is 2. The number of carbonyl (C=O) groups is 2. The van der Waals surface area contributed by atoms with Gasteiger partial charge in [-0.05, 0) is 43.7 Å². The van der Waals surface area contributed by atoms with Gasteiger partial charge in [0.05, 0.1) is 20.8 Å². The number of likely N-dealkylation sites (N-methyl/N-ethyl adjacent to an activating group) is 1. The van der Waals surface area contributed by atoms with E-state index in [9.17, 15) is 14.0 Å².